The first-order valence-electron chi connectivity index (χ1n) is 6.41. The lowest BCUT2D eigenvalue weighted by atomic mass is 10.1. The second kappa shape index (κ2) is 6.30. The molecular formula is C15H14F2N2O2. The van der Waals surface area contributed by atoms with E-state index in [1.54, 1.807) is 25.1 Å². The van der Waals surface area contributed by atoms with E-state index in [0.717, 1.165) is 12.1 Å². The van der Waals surface area contributed by atoms with Gasteiger partial charge in [-0.25, -0.2) is 8.78 Å². The quantitative estimate of drug-likeness (QED) is 0.671. The highest BCUT2D eigenvalue weighted by Crippen LogP contribution is 2.26. The van der Waals surface area contributed by atoms with Crippen LogP contribution in [-0.2, 0) is 6.42 Å². The maximum Gasteiger partial charge on any atom is 0.295 e. The standard InChI is InChI=1S/C15H14F2N2O2/c1-10(8-11-4-2-3-5-13(11)17)18-14-7-6-12(16)9-15(14)19(20)21/h2-7,9-10,18H,8H2,1H3. The number of halogens is 2. The first-order valence-corrected chi connectivity index (χ1v) is 6.41. The number of anilines is 1. The van der Waals surface area contributed by atoms with Crippen molar-refractivity contribution in [3.05, 3.63) is 69.8 Å². The number of benzene rings is 2. The Hall–Kier alpha value is -2.50. The van der Waals surface area contributed by atoms with Crippen LogP contribution in [0.2, 0.25) is 0 Å². The fraction of sp³-hybridized carbons (Fsp3) is 0.200. The normalized spacial score (nSPS) is 12.0. The van der Waals surface area contributed by atoms with Gasteiger partial charge in [-0.2, -0.15) is 0 Å². The van der Waals surface area contributed by atoms with Gasteiger partial charge in [0, 0.05) is 6.04 Å². The second-order valence-corrected chi connectivity index (χ2v) is 4.76. The Bertz CT molecular complexity index is 662. The van der Waals surface area contributed by atoms with E-state index in [1.165, 1.54) is 12.1 Å². The van der Waals surface area contributed by atoms with Crippen molar-refractivity contribution in [2.75, 3.05) is 5.32 Å². The molecule has 4 nitrogen and oxygen atoms in total. The summed E-state index contributed by atoms with van der Waals surface area (Å²) in [6.45, 7) is 1.78. The first-order chi connectivity index (χ1) is 9.97. The largest absolute Gasteiger partial charge is 0.377 e. The van der Waals surface area contributed by atoms with Crippen molar-refractivity contribution in [1.29, 1.82) is 0 Å². The number of nitrogens with one attached hydrogen (secondary N) is 1. The average Bonchev–Trinajstić information content (AvgIpc) is 2.43. The molecule has 1 N–H and O–H groups in total. The molecule has 0 aliphatic heterocycles. The molecule has 0 aliphatic rings. The minimum absolute atomic E-state index is 0.213. The third-order valence-corrected chi connectivity index (χ3v) is 3.04. The molecule has 0 heterocycles. The lowest BCUT2D eigenvalue weighted by Gasteiger charge is -2.15. The van der Waals surface area contributed by atoms with Gasteiger partial charge in [-0.3, -0.25) is 10.1 Å². The zero-order chi connectivity index (χ0) is 15.4. The van der Waals surface area contributed by atoms with Gasteiger partial charge in [-0.05, 0) is 37.1 Å². The van der Waals surface area contributed by atoms with Crippen LogP contribution in [0.3, 0.4) is 0 Å². The number of hydrogen-bond acceptors (Lipinski definition) is 3. The van der Waals surface area contributed by atoms with E-state index in [0.29, 0.717) is 12.0 Å². The number of hydrogen-bond donors (Lipinski definition) is 1. The van der Waals surface area contributed by atoms with Crippen molar-refractivity contribution in [3.8, 4) is 0 Å². The molecular weight excluding hydrogens is 278 g/mol. The molecule has 0 fully saturated rings. The third kappa shape index (κ3) is 3.75. The SMILES string of the molecule is CC(Cc1ccccc1F)Nc1ccc(F)cc1[N+](=O)[O-]. The number of nitro benzene ring substituents is 1. The van der Waals surface area contributed by atoms with Gasteiger partial charge in [-0.1, -0.05) is 18.2 Å². The van der Waals surface area contributed by atoms with Gasteiger partial charge in [0.1, 0.15) is 17.3 Å². The van der Waals surface area contributed by atoms with Crippen LogP contribution in [0.1, 0.15) is 12.5 Å². The van der Waals surface area contributed by atoms with Gasteiger partial charge in [0.25, 0.3) is 5.69 Å². The Kier molecular flexibility index (Phi) is 4.47. The van der Waals surface area contributed by atoms with E-state index in [9.17, 15) is 18.9 Å². The van der Waals surface area contributed by atoms with Crippen LogP contribution in [0.25, 0.3) is 0 Å². The molecule has 2 rings (SSSR count). The Balaban J connectivity index is 2.15. The zero-order valence-electron chi connectivity index (χ0n) is 11.3. The molecule has 0 saturated heterocycles. The molecule has 0 aromatic heterocycles. The van der Waals surface area contributed by atoms with E-state index in [1.807, 2.05) is 0 Å². The lowest BCUT2D eigenvalue weighted by molar-refractivity contribution is -0.384. The topological polar surface area (TPSA) is 55.2 Å². The molecule has 1 unspecified atom stereocenters. The zero-order valence-corrected chi connectivity index (χ0v) is 11.3. The average molecular weight is 292 g/mol. The van der Waals surface area contributed by atoms with Crippen LogP contribution in [0.4, 0.5) is 20.2 Å². The Morgan fingerprint density at radius 1 is 1.24 bits per heavy atom. The molecule has 6 heteroatoms. The van der Waals surface area contributed by atoms with Gasteiger partial charge in [0.15, 0.2) is 0 Å². The van der Waals surface area contributed by atoms with Crippen molar-refractivity contribution in [2.45, 2.75) is 19.4 Å². The summed E-state index contributed by atoms with van der Waals surface area (Å²) < 4.78 is 26.6. The Morgan fingerprint density at radius 2 is 1.95 bits per heavy atom. The Labute approximate surface area is 120 Å². The number of nitrogens with zero attached hydrogens (tertiary/aromatic N) is 1. The van der Waals surface area contributed by atoms with Crippen LogP contribution >= 0.6 is 0 Å². The molecule has 2 aromatic carbocycles. The smallest absolute Gasteiger partial charge is 0.295 e. The molecule has 2 aromatic rings. The predicted molar refractivity (Wildman–Crippen MR) is 76.2 cm³/mol. The number of rotatable bonds is 5. The molecule has 0 bridgehead atoms. The Morgan fingerprint density at radius 3 is 2.62 bits per heavy atom. The van der Waals surface area contributed by atoms with Crippen molar-refractivity contribution in [2.24, 2.45) is 0 Å². The van der Waals surface area contributed by atoms with Crippen LogP contribution in [0.5, 0.6) is 0 Å². The minimum Gasteiger partial charge on any atom is -0.377 e. The summed E-state index contributed by atoms with van der Waals surface area (Å²) in [5, 5.41) is 13.8. The summed E-state index contributed by atoms with van der Waals surface area (Å²) in [4.78, 5) is 10.3. The maximum atomic E-state index is 13.6. The monoisotopic (exact) mass is 292 g/mol. The van der Waals surface area contributed by atoms with Gasteiger partial charge in [-0.15, -0.1) is 0 Å². The predicted octanol–water partition coefficient (Wildman–Crippen LogP) is 3.92. The summed E-state index contributed by atoms with van der Waals surface area (Å²) in [5.74, 6) is -0.992. The summed E-state index contributed by atoms with van der Waals surface area (Å²) >= 11 is 0. The second-order valence-electron chi connectivity index (χ2n) is 4.76. The van der Waals surface area contributed by atoms with Gasteiger partial charge in [0.2, 0.25) is 0 Å². The third-order valence-electron chi connectivity index (χ3n) is 3.04. The van der Waals surface area contributed by atoms with Gasteiger partial charge < -0.3 is 5.32 Å². The first kappa shape index (κ1) is 14.9. The lowest BCUT2D eigenvalue weighted by Crippen LogP contribution is -2.19. The number of nitro groups is 1. The molecule has 0 amide bonds. The van der Waals surface area contributed by atoms with Crippen LogP contribution in [0.15, 0.2) is 42.5 Å². The minimum atomic E-state index is -0.672. The van der Waals surface area contributed by atoms with Crippen molar-refractivity contribution in [3.63, 3.8) is 0 Å². The van der Waals surface area contributed by atoms with Crippen LogP contribution in [0, 0.1) is 21.7 Å². The van der Waals surface area contributed by atoms with E-state index in [2.05, 4.69) is 5.32 Å². The van der Waals surface area contributed by atoms with Gasteiger partial charge in [0.05, 0.1) is 11.0 Å². The van der Waals surface area contributed by atoms with Crippen molar-refractivity contribution < 1.29 is 13.7 Å². The van der Waals surface area contributed by atoms with Crippen molar-refractivity contribution >= 4 is 11.4 Å². The van der Waals surface area contributed by atoms with E-state index < -0.39 is 10.7 Å². The summed E-state index contributed by atoms with van der Waals surface area (Å²) in [5.41, 5.74) is 0.392. The van der Waals surface area contributed by atoms with E-state index in [4.69, 9.17) is 0 Å². The van der Waals surface area contributed by atoms with E-state index >= 15 is 0 Å². The van der Waals surface area contributed by atoms with Crippen LogP contribution < -0.4 is 5.32 Å². The fourth-order valence-electron chi connectivity index (χ4n) is 2.09. The maximum absolute atomic E-state index is 13.6. The molecule has 0 spiro atoms. The highest BCUT2D eigenvalue weighted by atomic mass is 19.1. The van der Waals surface area contributed by atoms with E-state index in [-0.39, 0.29) is 23.2 Å². The molecule has 0 saturated carbocycles. The molecule has 110 valence electrons. The van der Waals surface area contributed by atoms with Gasteiger partial charge >= 0.3 is 0 Å². The molecule has 1 atom stereocenters. The van der Waals surface area contributed by atoms with Crippen LogP contribution in [-0.4, -0.2) is 11.0 Å². The highest BCUT2D eigenvalue weighted by molar-refractivity contribution is 5.61. The molecule has 21 heavy (non-hydrogen) atoms. The van der Waals surface area contributed by atoms with Crippen molar-refractivity contribution in [1.82, 2.24) is 0 Å². The highest BCUT2D eigenvalue weighted by Gasteiger charge is 2.17. The molecule has 0 aliphatic carbocycles. The summed E-state index contributed by atoms with van der Waals surface area (Å²) in [6.07, 6.45) is 0.362. The molecule has 0 radical (unpaired) electrons. The summed E-state index contributed by atoms with van der Waals surface area (Å²) in [7, 11) is 0. The fourth-order valence-corrected chi connectivity index (χ4v) is 2.09. The summed E-state index contributed by atoms with van der Waals surface area (Å²) in [6, 6.07) is 9.42.